The van der Waals surface area contributed by atoms with Crippen molar-refractivity contribution in [2.24, 2.45) is 0 Å². The number of rotatable bonds is 3. The van der Waals surface area contributed by atoms with E-state index in [1.165, 1.54) is 18.5 Å². The minimum absolute atomic E-state index is 0.0385. The summed E-state index contributed by atoms with van der Waals surface area (Å²) in [5.41, 5.74) is -0.662. The summed E-state index contributed by atoms with van der Waals surface area (Å²) in [4.78, 5) is 37.0. The third-order valence-electron chi connectivity index (χ3n) is 2.60. The summed E-state index contributed by atoms with van der Waals surface area (Å²) in [6.45, 7) is 0. The lowest BCUT2D eigenvalue weighted by molar-refractivity contribution is 0.0696. The largest absolute Gasteiger partial charge is 0.478 e. The summed E-state index contributed by atoms with van der Waals surface area (Å²) in [5.74, 6) is -1.90. The molecule has 0 saturated heterocycles. The summed E-state index contributed by atoms with van der Waals surface area (Å²) >= 11 is 11.8. The van der Waals surface area contributed by atoms with E-state index in [9.17, 15) is 14.4 Å². The lowest BCUT2D eigenvalue weighted by Crippen LogP contribution is -2.21. The van der Waals surface area contributed by atoms with E-state index in [2.05, 4.69) is 10.3 Å². The molecule has 1 heterocycles. The molecule has 0 saturated carbocycles. The van der Waals surface area contributed by atoms with E-state index in [0.717, 1.165) is 12.1 Å². The van der Waals surface area contributed by atoms with Gasteiger partial charge in [0, 0.05) is 18.5 Å². The lowest BCUT2D eigenvalue weighted by Gasteiger charge is -2.10. The molecule has 0 aliphatic carbocycles. The Balaban J connectivity index is 2.37. The third-order valence-corrected chi connectivity index (χ3v) is 3.19. The van der Waals surface area contributed by atoms with Crippen molar-refractivity contribution in [1.82, 2.24) is 4.98 Å². The Labute approximate surface area is 128 Å². The Hall–Kier alpha value is -2.31. The van der Waals surface area contributed by atoms with Gasteiger partial charge in [-0.3, -0.25) is 9.59 Å². The van der Waals surface area contributed by atoms with Gasteiger partial charge in [0.15, 0.2) is 5.43 Å². The van der Waals surface area contributed by atoms with Crippen molar-refractivity contribution in [2.75, 3.05) is 5.32 Å². The van der Waals surface area contributed by atoms with Gasteiger partial charge < -0.3 is 15.4 Å². The number of carboxylic acids is 1. The summed E-state index contributed by atoms with van der Waals surface area (Å²) < 4.78 is 0. The van der Waals surface area contributed by atoms with Gasteiger partial charge in [-0.1, -0.05) is 23.2 Å². The normalized spacial score (nSPS) is 10.2. The Morgan fingerprint density at radius 1 is 1.19 bits per heavy atom. The second kappa shape index (κ2) is 5.99. The second-order valence-corrected chi connectivity index (χ2v) is 4.81. The first-order chi connectivity index (χ1) is 9.90. The number of H-pyrrole nitrogens is 1. The van der Waals surface area contributed by atoms with Crippen LogP contribution in [0.1, 0.15) is 20.7 Å². The molecule has 3 N–H and O–H groups in total. The number of pyridine rings is 1. The van der Waals surface area contributed by atoms with Crippen LogP contribution in [0.15, 0.2) is 35.4 Å². The van der Waals surface area contributed by atoms with Crippen molar-refractivity contribution in [3.8, 4) is 0 Å². The van der Waals surface area contributed by atoms with E-state index < -0.39 is 17.3 Å². The summed E-state index contributed by atoms with van der Waals surface area (Å²) in [7, 11) is 0. The standard InChI is InChI=1S/C13H8Cl2N2O4/c14-8-3-6(13(20)21)4-9(15)11(8)17-12(19)7-5-16-2-1-10(7)18/h1-5H,(H,16,18)(H,17,19)(H,20,21). The molecule has 108 valence electrons. The van der Waals surface area contributed by atoms with Crippen molar-refractivity contribution in [1.29, 1.82) is 0 Å². The predicted octanol–water partition coefficient (Wildman–Crippen LogP) is 2.63. The van der Waals surface area contributed by atoms with Crippen LogP contribution in [0.4, 0.5) is 5.69 Å². The number of hydrogen-bond acceptors (Lipinski definition) is 3. The van der Waals surface area contributed by atoms with Gasteiger partial charge in [0.1, 0.15) is 5.56 Å². The number of nitrogens with one attached hydrogen (secondary N) is 2. The van der Waals surface area contributed by atoms with Crippen molar-refractivity contribution in [3.05, 3.63) is 62.0 Å². The average Bonchev–Trinajstić information content (AvgIpc) is 2.42. The fourth-order valence-corrected chi connectivity index (χ4v) is 2.17. The molecule has 0 spiro atoms. The second-order valence-electron chi connectivity index (χ2n) is 4.00. The number of carbonyl (C=O) groups is 2. The van der Waals surface area contributed by atoms with Gasteiger partial charge in [0.05, 0.1) is 21.3 Å². The number of carbonyl (C=O) groups excluding carboxylic acids is 1. The number of benzene rings is 1. The Kier molecular flexibility index (Phi) is 4.30. The molecule has 8 heteroatoms. The van der Waals surface area contributed by atoms with Gasteiger partial charge in [0.25, 0.3) is 5.91 Å². The van der Waals surface area contributed by atoms with Gasteiger partial charge >= 0.3 is 5.97 Å². The number of aromatic amines is 1. The number of carboxylic acid groups (broad SMARTS) is 1. The number of aromatic carboxylic acids is 1. The molecule has 0 fully saturated rings. The SMILES string of the molecule is O=C(O)c1cc(Cl)c(NC(=O)c2c[nH]ccc2=O)c(Cl)c1. The molecule has 0 atom stereocenters. The Morgan fingerprint density at radius 3 is 2.33 bits per heavy atom. The number of amides is 1. The smallest absolute Gasteiger partial charge is 0.335 e. The molecule has 21 heavy (non-hydrogen) atoms. The zero-order chi connectivity index (χ0) is 15.6. The molecular formula is C13H8Cl2N2O4. The molecular weight excluding hydrogens is 319 g/mol. The maximum atomic E-state index is 12.0. The van der Waals surface area contributed by atoms with Crippen LogP contribution in [-0.4, -0.2) is 22.0 Å². The fraction of sp³-hybridized carbons (Fsp3) is 0. The van der Waals surface area contributed by atoms with E-state index in [1.54, 1.807) is 0 Å². The van der Waals surface area contributed by atoms with Crippen LogP contribution in [0.2, 0.25) is 10.0 Å². The number of halogens is 2. The highest BCUT2D eigenvalue weighted by atomic mass is 35.5. The van der Waals surface area contributed by atoms with Crippen molar-refractivity contribution >= 4 is 40.8 Å². The van der Waals surface area contributed by atoms with E-state index in [0.29, 0.717) is 0 Å². The number of anilines is 1. The number of hydrogen-bond donors (Lipinski definition) is 3. The average molecular weight is 327 g/mol. The first-order valence-corrected chi connectivity index (χ1v) is 6.36. The van der Waals surface area contributed by atoms with E-state index in [1.807, 2.05) is 0 Å². The number of aromatic nitrogens is 1. The van der Waals surface area contributed by atoms with Crippen LogP contribution < -0.4 is 10.7 Å². The zero-order valence-electron chi connectivity index (χ0n) is 10.3. The highest BCUT2D eigenvalue weighted by molar-refractivity contribution is 6.40. The molecule has 0 aliphatic heterocycles. The molecule has 0 radical (unpaired) electrons. The maximum Gasteiger partial charge on any atom is 0.335 e. The molecule has 6 nitrogen and oxygen atoms in total. The minimum atomic E-state index is -1.20. The predicted molar refractivity (Wildman–Crippen MR) is 78.4 cm³/mol. The lowest BCUT2D eigenvalue weighted by atomic mass is 10.2. The van der Waals surface area contributed by atoms with Gasteiger partial charge in [-0.25, -0.2) is 4.79 Å². The summed E-state index contributed by atoms with van der Waals surface area (Å²) in [6, 6.07) is 3.51. The van der Waals surface area contributed by atoms with E-state index in [4.69, 9.17) is 28.3 Å². The van der Waals surface area contributed by atoms with Gasteiger partial charge in [-0.05, 0) is 12.1 Å². The monoisotopic (exact) mass is 326 g/mol. The Bertz CT molecular complexity index is 763. The Morgan fingerprint density at radius 2 is 1.81 bits per heavy atom. The minimum Gasteiger partial charge on any atom is -0.478 e. The van der Waals surface area contributed by atoms with Crippen LogP contribution in [0.25, 0.3) is 0 Å². The van der Waals surface area contributed by atoms with Crippen molar-refractivity contribution in [2.45, 2.75) is 0 Å². The maximum absolute atomic E-state index is 12.0. The van der Waals surface area contributed by atoms with Gasteiger partial charge in [-0.2, -0.15) is 0 Å². The van der Waals surface area contributed by atoms with Crippen LogP contribution in [0, 0.1) is 0 Å². The summed E-state index contributed by atoms with van der Waals surface area (Å²) in [5, 5.41) is 11.2. The van der Waals surface area contributed by atoms with E-state index >= 15 is 0 Å². The van der Waals surface area contributed by atoms with E-state index in [-0.39, 0.29) is 26.9 Å². The van der Waals surface area contributed by atoms with Crippen molar-refractivity contribution in [3.63, 3.8) is 0 Å². The zero-order valence-corrected chi connectivity index (χ0v) is 11.8. The summed E-state index contributed by atoms with van der Waals surface area (Å²) in [6.07, 6.45) is 2.63. The molecule has 2 rings (SSSR count). The molecule has 1 amide bonds. The topological polar surface area (TPSA) is 99.3 Å². The van der Waals surface area contributed by atoms with Crippen LogP contribution in [0.5, 0.6) is 0 Å². The molecule has 1 aromatic carbocycles. The fourth-order valence-electron chi connectivity index (χ4n) is 1.59. The van der Waals surface area contributed by atoms with Crippen molar-refractivity contribution < 1.29 is 14.7 Å². The van der Waals surface area contributed by atoms with Gasteiger partial charge in [-0.15, -0.1) is 0 Å². The first kappa shape index (κ1) is 15.1. The molecule has 0 unspecified atom stereocenters. The highest BCUT2D eigenvalue weighted by Gasteiger charge is 2.16. The van der Waals surface area contributed by atoms with Crippen LogP contribution in [0.3, 0.4) is 0 Å². The highest BCUT2D eigenvalue weighted by Crippen LogP contribution is 2.32. The quantitative estimate of drug-likeness (QED) is 0.807. The van der Waals surface area contributed by atoms with Crippen LogP contribution >= 0.6 is 23.2 Å². The molecule has 2 aromatic rings. The van der Waals surface area contributed by atoms with Gasteiger partial charge in [0.2, 0.25) is 0 Å². The molecule has 0 bridgehead atoms. The third kappa shape index (κ3) is 3.24. The molecule has 1 aromatic heterocycles. The van der Waals surface area contributed by atoms with Crippen LogP contribution in [-0.2, 0) is 0 Å². The molecule has 0 aliphatic rings. The first-order valence-electron chi connectivity index (χ1n) is 5.61.